The first-order valence-electron chi connectivity index (χ1n) is 6.69. The molecule has 0 radical (unpaired) electrons. The van der Waals surface area contributed by atoms with Crippen molar-refractivity contribution < 1.29 is 14.7 Å². The zero-order valence-electron chi connectivity index (χ0n) is 12.0. The van der Waals surface area contributed by atoms with Gasteiger partial charge in [0.25, 0.3) is 0 Å². The lowest BCUT2D eigenvalue weighted by Gasteiger charge is -2.27. The van der Waals surface area contributed by atoms with Crippen LogP contribution in [-0.2, 0) is 4.79 Å². The Bertz CT molecular complexity index is 338. The highest BCUT2D eigenvalue weighted by atomic mass is 32.2. The average Bonchev–Trinajstić information content (AvgIpc) is 2.81. The number of carbonyl (C=O) groups excluding carboxylic acids is 1. The van der Waals surface area contributed by atoms with Gasteiger partial charge in [-0.15, -0.1) is 0 Å². The second-order valence-corrected chi connectivity index (χ2v) is 6.19. The smallest absolute Gasteiger partial charge is 0.319 e. The lowest BCUT2D eigenvalue weighted by molar-refractivity contribution is -0.148. The van der Waals surface area contributed by atoms with E-state index in [1.54, 1.807) is 28.6 Å². The summed E-state index contributed by atoms with van der Waals surface area (Å²) < 4.78 is 0. The van der Waals surface area contributed by atoms with Crippen LogP contribution in [0.4, 0.5) is 4.79 Å². The standard InChI is InChI=1S/C13H24N2O3S/c1-4-5-13(11(16)17)6-7-15(10-13)12(18)14(2)8-9-19-3/h4-10H2,1-3H3,(H,16,17). The van der Waals surface area contributed by atoms with Gasteiger partial charge in [0.1, 0.15) is 0 Å². The molecule has 5 nitrogen and oxygen atoms in total. The normalized spacial score (nSPS) is 22.6. The first kappa shape index (κ1) is 16.1. The van der Waals surface area contributed by atoms with Crippen molar-refractivity contribution in [1.29, 1.82) is 0 Å². The van der Waals surface area contributed by atoms with Gasteiger partial charge in [0.15, 0.2) is 0 Å². The Morgan fingerprint density at radius 3 is 2.68 bits per heavy atom. The van der Waals surface area contributed by atoms with Crippen molar-refractivity contribution in [3.63, 3.8) is 0 Å². The minimum Gasteiger partial charge on any atom is -0.481 e. The number of rotatable bonds is 6. The predicted octanol–water partition coefficient (Wildman–Crippen LogP) is 1.98. The summed E-state index contributed by atoms with van der Waals surface area (Å²) in [5.41, 5.74) is -0.731. The molecule has 1 rings (SSSR count). The molecule has 0 aromatic rings. The molecule has 19 heavy (non-hydrogen) atoms. The van der Waals surface area contributed by atoms with Crippen LogP contribution in [0.1, 0.15) is 26.2 Å². The number of likely N-dealkylation sites (tertiary alicyclic amines) is 1. The van der Waals surface area contributed by atoms with Crippen LogP contribution >= 0.6 is 11.8 Å². The van der Waals surface area contributed by atoms with Gasteiger partial charge >= 0.3 is 12.0 Å². The van der Waals surface area contributed by atoms with Gasteiger partial charge in [0.05, 0.1) is 5.41 Å². The average molecular weight is 288 g/mol. The van der Waals surface area contributed by atoms with Gasteiger partial charge in [-0.3, -0.25) is 4.79 Å². The fourth-order valence-corrected chi connectivity index (χ4v) is 3.02. The van der Waals surface area contributed by atoms with Crippen molar-refractivity contribution >= 4 is 23.8 Å². The number of amides is 2. The summed E-state index contributed by atoms with van der Waals surface area (Å²) in [7, 11) is 1.78. The fraction of sp³-hybridized carbons (Fsp3) is 0.846. The van der Waals surface area contributed by atoms with Gasteiger partial charge in [-0.2, -0.15) is 11.8 Å². The second kappa shape index (κ2) is 7.03. The maximum Gasteiger partial charge on any atom is 0.319 e. The van der Waals surface area contributed by atoms with Gasteiger partial charge in [-0.25, -0.2) is 4.79 Å². The highest BCUT2D eigenvalue weighted by Gasteiger charge is 2.45. The van der Waals surface area contributed by atoms with Gasteiger partial charge < -0.3 is 14.9 Å². The Balaban J connectivity index is 2.63. The van der Waals surface area contributed by atoms with E-state index in [1.807, 2.05) is 13.2 Å². The summed E-state index contributed by atoms with van der Waals surface area (Å²) in [6.45, 7) is 3.58. The van der Waals surface area contributed by atoms with Gasteiger partial charge in [-0.1, -0.05) is 13.3 Å². The SMILES string of the molecule is CCCC1(C(=O)O)CCN(C(=O)N(C)CCSC)C1. The maximum absolute atomic E-state index is 12.2. The van der Waals surface area contributed by atoms with Crippen LogP contribution in [-0.4, -0.2) is 65.6 Å². The van der Waals surface area contributed by atoms with E-state index in [2.05, 4.69) is 0 Å². The predicted molar refractivity (Wildman–Crippen MR) is 77.6 cm³/mol. The van der Waals surface area contributed by atoms with Crippen LogP contribution < -0.4 is 0 Å². The van der Waals surface area contributed by atoms with Crippen molar-refractivity contribution in [1.82, 2.24) is 9.80 Å². The number of carboxylic acids is 1. The Hall–Kier alpha value is -0.910. The zero-order valence-corrected chi connectivity index (χ0v) is 12.8. The third-order valence-electron chi connectivity index (χ3n) is 3.76. The first-order valence-corrected chi connectivity index (χ1v) is 8.08. The molecule has 0 saturated carbocycles. The van der Waals surface area contributed by atoms with Crippen LogP contribution in [0, 0.1) is 5.41 Å². The molecule has 1 aliphatic rings. The number of carboxylic acid groups (broad SMARTS) is 1. The Morgan fingerprint density at radius 2 is 2.16 bits per heavy atom. The third-order valence-corrected chi connectivity index (χ3v) is 4.35. The lowest BCUT2D eigenvalue weighted by atomic mass is 9.83. The number of hydrogen-bond acceptors (Lipinski definition) is 3. The molecule has 1 fully saturated rings. The van der Waals surface area contributed by atoms with Crippen LogP contribution in [0.3, 0.4) is 0 Å². The van der Waals surface area contributed by atoms with E-state index >= 15 is 0 Å². The van der Waals surface area contributed by atoms with Crippen LogP contribution in [0.5, 0.6) is 0 Å². The number of aliphatic carboxylic acids is 1. The Morgan fingerprint density at radius 1 is 1.47 bits per heavy atom. The van der Waals surface area contributed by atoms with E-state index in [1.165, 1.54) is 0 Å². The number of hydrogen-bond donors (Lipinski definition) is 1. The number of nitrogens with zero attached hydrogens (tertiary/aromatic N) is 2. The molecule has 1 aliphatic heterocycles. The lowest BCUT2D eigenvalue weighted by Crippen LogP contribution is -2.43. The molecule has 110 valence electrons. The molecule has 1 unspecified atom stereocenters. The highest BCUT2D eigenvalue weighted by molar-refractivity contribution is 7.98. The molecule has 0 aromatic carbocycles. The summed E-state index contributed by atoms with van der Waals surface area (Å²) in [5.74, 6) is 0.131. The van der Waals surface area contributed by atoms with Crippen molar-refractivity contribution in [2.75, 3.05) is 38.7 Å². The minimum absolute atomic E-state index is 0.0479. The quantitative estimate of drug-likeness (QED) is 0.812. The first-order chi connectivity index (χ1) is 8.96. The molecule has 0 aliphatic carbocycles. The molecule has 2 amide bonds. The molecule has 0 bridgehead atoms. The largest absolute Gasteiger partial charge is 0.481 e. The van der Waals surface area contributed by atoms with Gasteiger partial charge in [0, 0.05) is 32.4 Å². The van der Waals surface area contributed by atoms with E-state index in [-0.39, 0.29) is 6.03 Å². The third kappa shape index (κ3) is 3.78. The van der Waals surface area contributed by atoms with Crippen molar-refractivity contribution in [3.05, 3.63) is 0 Å². The van der Waals surface area contributed by atoms with Crippen molar-refractivity contribution in [3.8, 4) is 0 Å². The Kier molecular flexibility index (Phi) is 5.97. The summed E-state index contributed by atoms with van der Waals surface area (Å²) in [4.78, 5) is 27.0. The summed E-state index contributed by atoms with van der Waals surface area (Å²) >= 11 is 1.70. The summed E-state index contributed by atoms with van der Waals surface area (Å²) in [6.07, 6.45) is 4.04. The molecule has 1 heterocycles. The molecule has 1 N–H and O–H groups in total. The Labute approximate surface area is 119 Å². The number of urea groups is 1. The van der Waals surface area contributed by atoms with E-state index in [9.17, 15) is 14.7 Å². The van der Waals surface area contributed by atoms with Crippen molar-refractivity contribution in [2.45, 2.75) is 26.2 Å². The van der Waals surface area contributed by atoms with Crippen LogP contribution in [0.15, 0.2) is 0 Å². The number of thioether (sulfide) groups is 1. The van der Waals surface area contributed by atoms with Gasteiger partial charge in [-0.05, 0) is 19.1 Å². The van der Waals surface area contributed by atoms with Crippen molar-refractivity contribution in [2.24, 2.45) is 5.41 Å². The topological polar surface area (TPSA) is 60.9 Å². The van der Waals surface area contributed by atoms with Crippen LogP contribution in [0.25, 0.3) is 0 Å². The summed E-state index contributed by atoms with van der Waals surface area (Å²) in [5, 5.41) is 9.42. The maximum atomic E-state index is 12.2. The van der Waals surface area contributed by atoms with E-state index in [0.717, 1.165) is 12.2 Å². The molecule has 6 heteroatoms. The fourth-order valence-electron chi connectivity index (χ4n) is 2.57. The molecule has 1 saturated heterocycles. The second-order valence-electron chi connectivity index (χ2n) is 5.20. The molecule has 0 spiro atoms. The van der Waals surface area contributed by atoms with Crippen LogP contribution in [0.2, 0.25) is 0 Å². The minimum atomic E-state index is -0.767. The van der Waals surface area contributed by atoms with E-state index in [0.29, 0.717) is 32.5 Å². The zero-order chi connectivity index (χ0) is 14.5. The molecule has 0 aromatic heterocycles. The highest BCUT2D eigenvalue weighted by Crippen LogP contribution is 2.35. The summed E-state index contributed by atoms with van der Waals surface area (Å²) in [6, 6.07) is -0.0479. The monoisotopic (exact) mass is 288 g/mol. The number of carbonyl (C=O) groups is 2. The molecular weight excluding hydrogens is 264 g/mol. The van der Waals surface area contributed by atoms with E-state index in [4.69, 9.17) is 0 Å². The van der Waals surface area contributed by atoms with Gasteiger partial charge in [0.2, 0.25) is 0 Å². The molecular formula is C13H24N2O3S. The van der Waals surface area contributed by atoms with E-state index < -0.39 is 11.4 Å². The molecule has 1 atom stereocenters.